The van der Waals surface area contributed by atoms with Gasteiger partial charge in [-0.05, 0) is 6.42 Å². The van der Waals surface area contributed by atoms with Gasteiger partial charge >= 0.3 is 0 Å². The van der Waals surface area contributed by atoms with Gasteiger partial charge in [0.1, 0.15) is 0 Å². The van der Waals surface area contributed by atoms with Gasteiger partial charge in [0.25, 0.3) is 0 Å². The molecule has 0 aliphatic heterocycles. The summed E-state index contributed by atoms with van der Waals surface area (Å²) in [6, 6.07) is 0. The molecular formula is C5H9IN2O2. The van der Waals surface area contributed by atoms with Gasteiger partial charge in [-0.25, -0.2) is 0 Å². The van der Waals surface area contributed by atoms with Crippen LogP contribution in [0.2, 0.25) is 0 Å². The topological polar surface area (TPSA) is 86.2 Å². The van der Waals surface area contributed by atoms with Crippen LogP contribution in [-0.2, 0) is 9.59 Å². The Bertz CT molecular complexity index is 149. The zero-order valence-corrected chi connectivity index (χ0v) is 7.50. The fourth-order valence-electron chi connectivity index (χ4n) is 0.411. The van der Waals surface area contributed by atoms with Crippen LogP contribution in [0.25, 0.3) is 0 Å². The van der Waals surface area contributed by atoms with Crippen molar-refractivity contribution in [1.82, 2.24) is 0 Å². The first-order valence-electron chi connectivity index (χ1n) is 2.75. The van der Waals surface area contributed by atoms with Crippen molar-refractivity contribution in [1.29, 1.82) is 0 Å². The first-order valence-corrected chi connectivity index (χ1v) is 4.00. The van der Waals surface area contributed by atoms with E-state index < -0.39 is 11.8 Å². The number of hydrogen-bond acceptors (Lipinski definition) is 2. The molecule has 0 spiro atoms. The number of carbonyl (C=O) groups is 2. The predicted octanol–water partition coefficient (Wildman–Crippen LogP) is -0.459. The number of halogens is 1. The van der Waals surface area contributed by atoms with E-state index in [1.807, 2.05) is 22.6 Å². The highest BCUT2D eigenvalue weighted by Gasteiger charge is 2.10. The molecule has 1 unspecified atom stereocenters. The van der Waals surface area contributed by atoms with Gasteiger partial charge in [0, 0.05) is 6.42 Å². The van der Waals surface area contributed by atoms with Gasteiger partial charge in [-0.15, -0.1) is 0 Å². The summed E-state index contributed by atoms with van der Waals surface area (Å²) in [5.74, 6) is -0.801. The standard InChI is InChI=1S/C5H9IN2O2/c6-3(5(8)10)1-2-4(7)9/h3H,1-2H2,(H2,7,9)(H2,8,10). The van der Waals surface area contributed by atoms with E-state index in [1.54, 1.807) is 0 Å². The van der Waals surface area contributed by atoms with E-state index in [9.17, 15) is 9.59 Å². The first kappa shape index (κ1) is 9.67. The zero-order valence-electron chi connectivity index (χ0n) is 5.34. The molecule has 58 valence electrons. The average Bonchev–Trinajstić information content (AvgIpc) is 1.82. The first-order chi connectivity index (χ1) is 4.54. The molecule has 0 aliphatic carbocycles. The van der Waals surface area contributed by atoms with E-state index in [0.717, 1.165) is 0 Å². The Morgan fingerprint density at radius 2 is 1.90 bits per heavy atom. The predicted molar refractivity (Wildman–Crippen MR) is 45.4 cm³/mol. The molecule has 0 saturated carbocycles. The van der Waals surface area contributed by atoms with Crippen LogP contribution in [0.15, 0.2) is 0 Å². The van der Waals surface area contributed by atoms with Crippen LogP contribution >= 0.6 is 22.6 Å². The molecule has 10 heavy (non-hydrogen) atoms. The lowest BCUT2D eigenvalue weighted by Gasteiger charge is -2.01. The number of carbonyl (C=O) groups excluding carboxylic acids is 2. The molecule has 4 N–H and O–H groups in total. The second-order valence-electron chi connectivity index (χ2n) is 1.87. The Hall–Kier alpha value is -0.330. The highest BCUT2D eigenvalue weighted by atomic mass is 127. The normalized spacial score (nSPS) is 12.5. The smallest absolute Gasteiger partial charge is 0.230 e. The molecule has 0 bridgehead atoms. The largest absolute Gasteiger partial charge is 0.370 e. The fraction of sp³-hybridized carbons (Fsp3) is 0.600. The monoisotopic (exact) mass is 256 g/mol. The lowest BCUT2D eigenvalue weighted by Crippen LogP contribution is -2.24. The van der Waals surface area contributed by atoms with Crippen molar-refractivity contribution in [3.05, 3.63) is 0 Å². The minimum Gasteiger partial charge on any atom is -0.370 e. The SMILES string of the molecule is NC(=O)CCC(I)C(N)=O. The lowest BCUT2D eigenvalue weighted by atomic mass is 10.2. The van der Waals surface area contributed by atoms with Crippen molar-refractivity contribution in [3.8, 4) is 0 Å². The Morgan fingerprint density at radius 1 is 1.40 bits per heavy atom. The molecule has 0 aromatic carbocycles. The molecule has 1 atom stereocenters. The summed E-state index contributed by atoms with van der Waals surface area (Å²) >= 11 is 1.88. The maximum Gasteiger partial charge on any atom is 0.230 e. The zero-order chi connectivity index (χ0) is 8.15. The van der Waals surface area contributed by atoms with E-state index in [1.165, 1.54) is 0 Å². The highest BCUT2D eigenvalue weighted by Crippen LogP contribution is 2.06. The van der Waals surface area contributed by atoms with Crippen LogP contribution in [0.5, 0.6) is 0 Å². The average molecular weight is 256 g/mol. The van der Waals surface area contributed by atoms with Crippen LogP contribution < -0.4 is 11.5 Å². The molecule has 0 rings (SSSR count). The minimum absolute atomic E-state index is 0.219. The van der Waals surface area contributed by atoms with E-state index in [2.05, 4.69) is 0 Å². The van der Waals surface area contributed by atoms with Gasteiger partial charge in [0.2, 0.25) is 11.8 Å². The number of primary amides is 2. The van der Waals surface area contributed by atoms with Crippen LogP contribution in [0.4, 0.5) is 0 Å². The minimum atomic E-state index is -0.401. The Morgan fingerprint density at radius 3 is 2.20 bits per heavy atom. The molecule has 4 nitrogen and oxygen atoms in total. The molecule has 0 heterocycles. The number of hydrogen-bond donors (Lipinski definition) is 2. The summed E-state index contributed by atoms with van der Waals surface area (Å²) in [4.78, 5) is 20.6. The summed E-state index contributed by atoms with van der Waals surface area (Å²) in [5, 5.41) is 0. The van der Waals surface area contributed by atoms with Crippen molar-refractivity contribution in [3.63, 3.8) is 0 Å². The fourth-order valence-corrected chi connectivity index (χ4v) is 0.723. The molecule has 0 saturated heterocycles. The summed E-state index contributed by atoms with van der Waals surface area (Å²) < 4.78 is -0.287. The van der Waals surface area contributed by atoms with Crippen molar-refractivity contribution in [2.75, 3.05) is 0 Å². The van der Waals surface area contributed by atoms with E-state index in [-0.39, 0.29) is 10.3 Å². The summed E-state index contributed by atoms with van der Waals surface area (Å²) in [7, 11) is 0. The molecule has 5 heteroatoms. The van der Waals surface area contributed by atoms with Gasteiger partial charge in [-0.2, -0.15) is 0 Å². The van der Waals surface area contributed by atoms with Crippen molar-refractivity contribution in [2.24, 2.45) is 11.5 Å². The summed E-state index contributed by atoms with van der Waals surface area (Å²) in [6.07, 6.45) is 0.655. The van der Waals surface area contributed by atoms with Gasteiger partial charge < -0.3 is 11.5 Å². The van der Waals surface area contributed by atoms with Gasteiger partial charge in [0.05, 0.1) is 3.92 Å². The van der Waals surface area contributed by atoms with E-state index in [0.29, 0.717) is 6.42 Å². The molecule has 0 aromatic heterocycles. The number of rotatable bonds is 4. The second-order valence-corrected chi connectivity index (χ2v) is 3.38. The van der Waals surface area contributed by atoms with Crippen molar-refractivity contribution >= 4 is 34.4 Å². The second kappa shape index (κ2) is 4.48. The molecular weight excluding hydrogens is 247 g/mol. The maximum atomic E-state index is 10.4. The molecule has 0 radical (unpaired) electrons. The molecule has 2 amide bonds. The third-order valence-corrected chi connectivity index (χ3v) is 2.19. The van der Waals surface area contributed by atoms with Crippen molar-refractivity contribution < 1.29 is 9.59 Å². The highest BCUT2D eigenvalue weighted by molar-refractivity contribution is 14.1. The summed E-state index contributed by atoms with van der Waals surface area (Å²) in [5.41, 5.74) is 9.77. The Balaban J connectivity index is 3.49. The maximum absolute atomic E-state index is 10.4. The van der Waals surface area contributed by atoms with E-state index >= 15 is 0 Å². The van der Waals surface area contributed by atoms with E-state index in [4.69, 9.17) is 11.5 Å². The molecule has 0 fully saturated rings. The van der Waals surface area contributed by atoms with Gasteiger partial charge in [-0.1, -0.05) is 22.6 Å². The third-order valence-electron chi connectivity index (χ3n) is 0.953. The Labute approximate surface area is 72.5 Å². The van der Waals surface area contributed by atoms with Gasteiger partial charge in [-0.3, -0.25) is 9.59 Å². The van der Waals surface area contributed by atoms with Crippen molar-refractivity contribution in [2.45, 2.75) is 16.8 Å². The number of alkyl halides is 1. The molecule has 0 aliphatic rings. The van der Waals surface area contributed by atoms with Crippen LogP contribution in [-0.4, -0.2) is 15.7 Å². The van der Waals surface area contributed by atoms with Crippen LogP contribution in [0, 0.1) is 0 Å². The quantitative estimate of drug-likeness (QED) is 0.526. The van der Waals surface area contributed by atoms with Crippen LogP contribution in [0.3, 0.4) is 0 Å². The molecule has 0 aromatic rings. The van der Waals surface area contributed by atoms with Gasteiger partial charge in [0.15, 0.2) is 0 Å². The number of amides is 2. The number of nitrogens with two attached hydrogens (primary N) is 2. The lowest BCUT2D eigenvalue weighted by molar-refractivity contribution is -0.118. The van der Waals surface area contributed by atoms with Crippen LogP contribution in [0.1, 0.15) is 12.8 Å². The Kier molecular flexibility index (Phi) is 4.33. The summed E-state index contributed by atoms with van der Waals surface area (Å²) in [6.45, 7) is 0. The third kappa shape index (κ3) is 4.54.